The summed E-state index contributed by atoms with van der Waals surface area (Å²) in [5.74, 6) is 0. The normalized spacial score (nSPS) is 6.00. The molecule has 27 valence electrons. The third-order valence-electron chi connectivity index (χ3n) is 0.154. The van der Waals surface area contributed by atoms with Gasteiger partial charge < -0.3 is 0 Å². The van der Waals surface area contributed by atoms with E-state index < -0.39 is 0 Å². The van der Waals surface area contributed by atoms with E-state index in [1.807, 2.05) is 13.3 Å². The van der Waals surface area contributed by atoms with Crippen molar-refractivity contribution in [1.29, 1.82) is 0 Å². The Hall–Kier alpha value is 1.10. The van der Waals surface area contributed by atoms with Crippen molar-refractivity contribution in [3.8, 4) is 0 Å². The Morgan fingerprint density at radius 3 is 2.00 bits per heavy atom. The van der Waals surface area contributed by atoms with E-state index in [0.29, 0.717) is 0 Å². The zero-order valence-corrected chi connectivity index (χ0v) is 7.92. The molecule has 0 spiro atoms. The van der Waals surface area contributed by atoms with Crippen molar-refractivity contribution in [3.63, 3.8) is 0 Å². The number of alkyl halides is 1. The molecule has 0 N–H and O–H groups in total. The van der Waals surface area contributed by atoms with E-state index in [1.165, 1.54) is 0 Å². The summed E-state index contributed by atoms with van der Waals surface area (Å²) in [6.45, 7) is 2.01. The third kappa shape index (κ3) is 11.1. The molecule has 0 aromatic rings. The van der Waals surface area contributed by atoms with E-state index in [2.05, 4.69) is 15.9 Å². The average Bonchev–Trinajstić information content (AvgIpc) is 1.37. The molecular formula is C3H6BrZn. The van der Waals surface area contributed by atoms with E-state index in [1.54, 1.807) is 0 Å². The summed E-state index contributed by atoms with van der Waals surface area (Å²) >= 11 is 3.19. The zero-order valence-electron chi connectivity index (χ0n) is 3.37. The zero-order chi connectivity index (χ0) is 3.41. The molecule has 0 aliphatic rings. The SMILES string of the molecule is C[CH]CBr.[Zn]. The predicted octanol–water partition coefficient (Wildman–Crippen LogP) is 1.60. The van der Waals surface area contributed by atoms with Gasteiger partial charge in [0.25, 0.3) is 0 Å². The van der Waals surface area contributed by atoms with Crippen LogP contribution in [-0.4, -0.2) is 5.33 Å². The quantitative estimate of drug-likeness (QED) is 0.432. The summed E-state index contributed by atoms with van der Waals surface area (Å²) in [7, 11) is 0. The second kappa shape index (κ2) is 8.92. The van der Waals surface area contributed by atoms with Gasteiger partial charge in [0, 0.05) is 24.8 Å². The van der Waals surface area contributed by atoms with Crippen molar-refractivity contribution >= 4 is 15.9 Å². The van der Waals surface area contributed by atoms with Crippen LogP contribution in [0.2, 0.25) is 0 Å². The fourth-order valence-electron chi connectivity index (χ4n) is 0. The molecule has 0 aromatic carbocycles. The Bertz CT molecular complexity index is 8.85. The minimum Gasteiger partial charge on any atom is -0.0925 e. The van der Waals surface area contributed by atoms with E-state index in [9.17, 15) is 0 Å². The Morgan fingerprint density at radius 1 is 1.80 bits per heavy atom. The fraction of sp³-hybridized carbons (Fsp3) is 0.667. The molecule has 0 amide bonds. The molecule has 1 radical (unpaired) electrons. The maximum atomic E-state index is 3.19. The molecule has 0 aliphatic heterocycles. The summed E-state index contributed by atoms with van der Waals surface area (Å²) in [6.07, 6.45) is 2.04. The molecule has 2 heteroatoms. The van der Waals surface area contributed by atoms with E-state index >= 15 is 0 Å². The maximum absolute atomic E-state index is 3.19. The predicted molar refractivity (Wildman–Crippen MR) is 23.8 cm³/mol. The Kier molecular flexibility index (Phi) is 16.8. The van der Waals surface area contributed by atoms with Crippen LogP contribution in [0.4, 0.5) is 0 Å². The van der Waals surface area contributed by atoms with Crippen LogP contribution in [0.5, 0.6) is 0 Å². The van der Waals surface area contributed by atoms with E-state index in [0.717, 1.165) is 5.33 Å². The van der Waals surface area contributed by atoms with Crippen molar-refractivity contribution in [2.24, 2.45) is 0 Å². The number of rotatable bonds is 1. The van der Waals surface area contributed by atoms with Crippen LogP contribution in [0.25, 0.3) is 0 Å². The molecular weight excluding hydrogens is 181 g/mol. The molecule has 0 heterocycles. The van der Waals surface area contributed by atoms with Gasteiger partial charge in [-0.1, -0.05) is 22.9 Å². The fourth-order valence-corrected chi connectivity index (χ4v) is 0. The Labute approximate surface area is 54.2 Å². The minimum atomic E-state index is 0. The van der Waals surface area contributed by atoms with Gasteiger partial charge in [0.15, 0.2) is 0 Å². The van der Waals surface area contributed by atoms with Gasteiger partial charge in [-0.3, -0.25) is 0 Å². The summed E-state index contributed by atoms with van der Waals surface area (Å²) in [5, 5.41) is 1.01. The third-order valence-corrected chi connectivity index (χ3v) is 0.802. The van der Waals surface area contributed by atoms with Gasteiger partial charge in [-0.2, -0.15) is 0 Å². The maximum Gasteiger partial charge on any atom is 0.00598 e. The van der Waals surface area contributed by atoms with Crippen LogP contribution >= 0.6 is 15.9 Å². The van der Waals surface area contributed by atoms with Crippen LogP contribution in [0.15, 0.2) is 0 Å². The van der Waals surface area contributed by atoms with Crippen LogP contribution in [0, 0.1) is 6.42 Å². The second-order valence-electron chi connectivity index (χ2n) is 0.563. The molecule has 0 saturated heterocycles. The molecule has 5 heavy (non-hydrogen) atoms. The number of hydrogen-bond acceptors (Lipinski definition) is 0. The number of halogens is 1. The number of hydrogen-bond donors (Lipinski definition) is 0. The van der Waals surface area contributed by atoms with Gasteiger partial charge in [0.2, 0.25) is 0 Å². The van der Waals surface area contributed by atoms with Gasteiger partial charge in [-0.15, -0.1) is 0 Å². The topological polar surface area (TPSA) is 0 Å². The van der Waals surface area contributed by atoms with Gasteiger partial charge in [0.1, 0.15) is 0 Å². The van der Waals surface area contributed by atoms with Gasteiger partial charge in [-0.05, 0) is 6.42 Å². The van der Waals surface area contributed by atoms with Crippen molar-refractivity contribution in [3.05, 3.63) is 6.42 Å². The van der Waals surface area contributed by atoms with Gasteiger partial charge >= 0.3 is 0 Å². The van der Waals surface area contributed by atoms with E-state index in [-0.39, 0.29) is 19.5 Å². The molecule has 0 bridgehead atoms. The molecule has 0 aliphatic carbocycles. The van der Waals surface area contributed by atoms with E-state index in [4.69, 9.17) is 0 Å². The van der Waals surface area contributed by atoms with Crippen LogP contribution < -0.4 is 0 Å². The molecule has 0 aromatic heterocycles. The van der Waals surface area contributed by atoms with Crippen LogP contribution in [0.1, 0.15) is 6.92 Å². The summed E-state index contributed by atoms with van der Waals surface area (Å²) in [6, 6.07) is 0. The summed E-state index contributed by atoms with van der Waals surface area (Å²) in [4.78, 5) is 0. The van der Waals surface area contributed by atoms with Crippen molar-refractivity contribution in [1.82, 2.24) is 0 Å². The van der Waals surface area contributed by atoms with Crippen molar-refractivity contribution in [2.75, 3.05) is 5.33 Å². The Balaban J connectivity index is 0. The van der Waals surface area contributed by atoms with Gasteiger partial charge in [0.05, 0.1) is 0 Å². The summed E-state index contributed by atoms with van der Waals surface area (Å²) < 4.78 is 0. The van der Waals surface area contributed by atoms with Crippen LogP contribution in [0.3, 0.4) is 0 Å². The first-order valence-corrected chi connectivity index (χ1v) is 2.37. The standard InChI is InChI=1S/C3H6Br.Zn/c1-2-3-4;/h2H,3H2,1H3;. The molecule has 0 rings (SSSR count). The second-order valence-corrected chi connectivity index (χ2v) is 1.21. The smallest absolute Gasteiger partial charge is 0.00598 e. The monoisotopic (exact) mass is 185 g/mol. The molecule has 0 nitrogen and oxygen atoms in total. The Morgan fingerprint density at radius 2 is 2.00 bits per heavy atom. The molecule has 0 atom stereocenters. The molecule has 0 unspecified atom stereocenters. The largest absolute Gasteiger partial charge is 0.0925 e. The van der Waals surface area contributed by atoms with Crippen molar-refractivity contribution in [2.45, 2.75) is 6.92 Å². The average molecular weight is 187 g/mol. The molecule has 0 fully saturated rings. The molecule has 0 saturated carbocycles. The van der Waals surface area contributed by atoms with Gasteiger partial charge in [-0.25, -0.2) is 0 Å². The minimum absolute atomic E-state index is 0. The first kappa shape index (κ1) is 9.44. The first-order chi connectivity index (χ1) is 1.91. The summed E-state index contributed by atoms with van der Waals surface area (Å²) in [5.41, 5.74) is 0. The first-order valence-electron chi connectivity index (χ1n) is 1.25. The van der Waals surface area contributed by atoms with Crippen molar-refractivity contribution < 1.29 is 19.5 Å². The van der Waals surface area contributed by atoms with Crippen LogP contribution in [-0.2, 0) is 19.5 Å².